The average molecular weight is 198 g/mol. The summed E-state index contributed by atoms with van der Waals surface area (Å²) in [7, 11) is 0. The summed E-state index contributed by atoms with van der Waals surface area (Å²) in [6.45, 7) is 11.1. The molecule has 0 atom stereocenters. The van der Waals surface area contributed by atoms with Gasteiger partial charge in [0.2, 0.25) is 0 Å². The van der Waals surface area contributed by atoms with E-state index in [0.29, 0.717) is 5.41 Å². The summed E-state index contributed by atoms with van der Waals surface area (Å²) in [5, 5.41) is 0. The van der Waals surface area contributed by atoms with Crippen LogP contribution in [0.5, 0.6) is 0 Å². The monoisotopic (exact) mass is 198 g/mol. The molecular formula is C14H30. The van der Waals surface area contributed by atoms with Crippen LogP contribution in [0.3, 0.4) is 0 Å². The molecule has 0 aliphatic heterocycles. The van der Waals surface area contributed by atoms with E-state index in [9.17, 15) is 0 Å². The Kier molecular flexibility index (Phi) is 7.31. The van der Waals surface area contributed by atoms with Gasteiger partial charge < -0.3 is 0 Å². The van der Waals surface area contributed by atoms with Crippen LogP contribution in [-0.2, 0) is 0 Å². The van der Waals surface area contributed by atoms with Gasteiger partial charge in [-0.2, -0.15) is 0 Å². The summed E-state index contributed by atoms with van der Waals surface area (Å²) in [5.41, 5.74) is 0.553. The van der Waals surface area contributed by atoms with Crippen LogP contribution in [0, 0.1) is 11.3 Å². The molecular weight excluding hydrogens is 168 g/mol. The molecule has 0 aromatic heterocycles. The fourth-order valence-corrected chi connectivity index (χ4v) is 2.11. The highest BCUT2D eigenvalue weighted by Crippen LogP contribution is 2.31. The maximum absolute atomic E-state index is 2.36. The average Bonchev–Trinajstić information content (AvgIpc) is 2.19. The molecule has 0 N–H and O–H groups in total. The topological polar surface area (TPSA) is 0 Å². The van der Waals surface area contributed by atoms with Crippen LogP contribution in [0.4, 0.5) is 0 Å². The molecule has 0 radical (unpaired) electrons. The second-order valence-corrected chi connectivity index (χ2v) is 5.60. The zero-order valence-electron chi connectivity index (χ0n) is 11.0. The minimum absolute atomic E-state index is 0.553. The van der Waals surface area contributed by atoms with Gasteiger partial charge in [0.15, 0.2) is 0 Å². The Morgan fingerprint density at radius 2 is 1.43 bits per heavy atom. The van der Waals surface area contributed by atoms with Crippen molar-refractivity contribution in [3.63, 3.8) is 0 Å². The van der Waals surface area contributed by atoms with Crippen molar-refractivity contribution >= 4 is 0 Å². The van der Waals surface area contributed by atoms with Crippen molar-refractivity contribution in [2.45, 2.75) is 79.6 Å². The first-order valence-electron chi connectivity index (χ1n) is 6.58. The van der Waals surface area contributed by atoms with Crippen molar-refractivity contribution in [3.8, 4) is 0 Å². The standard InChI is InChI=1S/C12H24.C2H6/c1-12(2,3)10-9-11-7-5-4-6-8-11;1-2/h11H,4-10H2,1-3H3;1-2H3. The molecule has 0 nitrogen and oxygen atoms in total. The number of hydrogen-bond donors (Lipinski definition) is 0. The van der Waals surface area contributed by atoms with Gasteiger partial charge in [0.05, 0.1) is 0 Å². The Hall–Kier alpha value is 0. The largest absolute Gasteiger partial charge is 0.0683 e. The highest BCUT2D eigenvalue weighted by Gasteiger charge is 2.17. The minimum Gasteiger partial charge on any atom is -0.0683 e. The smallest absolute Gasteiger partial charge is 0.0383 e. The van der Waals surface area contributed by atoms with E-state index in [4.69, 9.17) is 0 Å². The van der Waals surface area contributed by atoms with Gasteiger partial charge in [-0.25, -0.2) is 0 Å². The molecule has 0 heterocycles. The van der Waals surface area contributed by atoms with Crippen molar-refractivity contribution in [2.24, 2.45) is 11.3 Å². The van der Waals surface area contributed by atoms with E-state index in [2.05, 4.69) is 20.8 Å². The lowest BCUT2D eigenvalue weighted by atomic mass is 9.81. The molecule has 14 heavy (non-hydrogen) atoms. The number of hydrogen-bond acceptors (Lipinski definition) is 0. The van der Waals surface area contributed by atoms with Gasteiger partial charge in [-0.15, -0.1) is 0 Å². The van der Waals surface area contributed by atoms with Crippen molar-refractivity contribution < 1.29 is 0 Å². The maximum atomic E-state index is 2.36. The van der Waals surface area contributed by atoms with E-state index >= 15 is 0 Å². The first kappa shape index (κ1) is 14.0. The van der Waals surface area contributed by atoms with Crippen molar-refractivity contribution in [2.75, 3.05) is 0 Å². The zero-order valence-corrected chi connectivity index (χ0v) is 11.0. The molecule has 0 aromatic rings. The second kappa shape index (κ2) is 7.31. The predicted molar refractivity (Wildman–Crippen MR) is 66.6 cm³/mol. The molecule has 0 unspecified atom stereocenters. The lowest BCUT2D eigenvalue weighted by Crippen LogP contribution is -2.11. The fraction of sp³-hybridized carbons (Fsp3) is 1.00. The quantitative estimate of drug-likeness (QED) is 0.556. The molecule has 0 amide bonds. The molecule has 0 heteroatoms. The van der Waals surface area contributed by atoms with Gasteiger partial charge in [0.1, 0.15) is 0 Å². The van der Waals surface area contributed by atoms with Crippen LogP contribution in [-0.4, -0.2) is 0 Å². The fourth-order valence-electron chi connectivity index (χ4n) is 2.11. The molecule has 1 saturated carbocycles. The third kappa shape index (κ3) is 7.41. The Balaban J connectivity index is 0.000000791. The lowest BCUT2D eigenvalue weighted by molar-refractivity contribution is 0.274. The third-order valence-corrected chi connectivity index (χ3v) is 3.03. The summed E-state index contributed by atoms with van der Waals surface area (Å²) >= 11 is 0. The summed E-state index contributed by atoms with van der Waals surface area (Å²) < 4.78 is 0. The molecule has 1 fully saturated rings. The molecule has 86 valence electrons. The van der Waals surface area contributed by atoms with Gasteiger partial charge in [-0.1, -0.05) is 66.7 Å². The van der Waals surface area contributed by atoms with E-state index < -0.39 is 0 Å². The van der Waals surface area contributed by atoms with E-state index in [1.165, 1.54) is 44.9 Å². The summed E-state index contributed by atoms with van der Waals surface area (Å²) in [6, 6.07) is 0. The normalized spacial score (nSPS) is 18.6. The van der Waals surface area contributed by atoms with Crippen LogP contribution in [0.15, 0.2) is 0 Å². The van der Waals surface area contributed by atoms with Crippen molar-refractivity contribution in [3.05, 3.63) is 0 Å². The van der Waals surface area contributed by atoms with Gasteiger partial charge in [0.25, 0.3) is 0 Å². The van der Waals surface area contributed by atoms with Crippen LogP contribution < -0.4 is 0 Å². The summed E-state index contributed by atoms with van der Waals surface area (Å²) in [5.74, 6) is 1.07. The first-order valence-corrected chi connectivity index (χ1v) is 6.58. The van der Waals surface area contributed by atoms with E-state index in [1.807, 2.05) is 13.8 Å². The minimum atomic E-state index is 0.553. The van der Waals surface area contributed by atoms with Gasteiger partial charge in [-0.05, 0) is 24.2 Å². The molecule has 1 rings (SSSR count). The molecule has 0 bridgehead atoms. The highest BCUT2D eigenvalue weighted by molar-refractivity contribution is 4.69. The lowest BCUT2D eigenvalue weighted by Gasteiger charge is -2.25. The van der Waals surface area contributed by atoms with Gasteiger partial charge in [0, 0.05) is 0 Å². The Morgan fingerprint density at radius 3 is 1.86 bits per heavy atom. The van der Waals surface area contributed by atoms with E-state index in [-0.39, 0.29) is 0 Å². The zero-order chi connectivity index (χ0) is 11.0. The predicted octanol–water partition coefficient (Wildman–Crippen LogP) is 5.42. The van der Waals surface area contributed by atoms with Crippen molar-refractivity contribution in [1.82, 2.24) is 0 Å². The maximum Gasteiger partial charge on any atom is -0.0383 e. The Labute approximate surface area is 91.5 Å². The first-order chi connectivity index (χ1) is 6.58. The number of rotatable bonds is 2. The molecule has 0 aromatic carbocycles. The Morgan fingerprint density at radius 1 is 0.929 bits per heavy atom. The van der Waals surface area contributed by atoms with Crippen LogP contribution in [0.1, 0.15) is 79.6 Å². The highest BCUT2D eigenvalue weighted by atomic mass is 14.2. The van der Waals surface area contributed by atoms with E-state index in [0.717, 1.165) is 5.92 Å². The van der Waals surface area contributed by atoms with Crippen LogP contribution >= 0.6 is 0 Å². The SMILES string of the molecule is CC.CC(C)(C)CCC1CCCCC1. The van der Waals surface area contributed by atoms with Crippen LogP contribution in [0.25, 0.3) is 0 Å². The molecule has 0 saturated heterocycles. The van der Waals surface area contributed by atoms with Gasteiger partial charge >= 0.3 is 0 Å². The molecule has 1 aliphatic carbocycles. The molecule has 0 spiro atoms. The van der Waals surface area contributed by atoms with Gasteiger partial charge in [-0.3, -0.25) is 0 Å². The second-order valence-electron chi connectivity index (χ2n) is 5.60. The van der Waals surface area contributed by atoms with E-state index in [1.54, 1.807) is 0 Å². The third-order valence-electron chi connectivity index (χ3n) is 3.03. The Bertz CT molecular complexity index is 112. The van der Waals surface area contributed by atoms with Crippen LogP contribution in [0.2, 0.25) is 0 Å². The summed E-state index contributed by atoms with van der Waals surface area (Å²) in [6.07, 6.45) is 10.4. The summed E-state index contributed by atoms with van der Waals surface area (Å²) in [4.78, 5) is 0. The molecule has 1 aliphatic rings. The van der Waals surface area contributed by atoms with Crippen molar-refractivity contribution in [1.29, 1.82) is 0 Å².